The van der Waals surface area contributed by atoms with Crippen molar-refractivity contribution < 1.29 is 4.79 Å². The Labute approximate surface area is 100 Å². The van der Waals surface area contributed by atoms with E-state index in [1.807, 2.05) is 51.1 Å². The zero-order valence-electron chi connectivity index (χ0n) is 10.2. The molecule has 0 saturated heterocycles. The second-order valence-electron chi connectivity index (χ2n) is 4.59. The number of carbonyl (C=O) groups excluding carboxylic acids is 1. The van der Waals surface area contributed by atoms with Crippen molar-refractivity contribution in [1.82, 2.24) is 4.98 Å². The van der Waals surface area contributed by atoms with Crippen LogP contribution in [-0.4, -0.2) is 11.1 Å². The highest BCUT2D eigenvalue weighted by Crippen LogP contribution is 2.30. The molecule has 0 aliphatic heterocycles. The SMILES string of the molecule is Cc1cc(C(C)(C)N=C=O)c2ccccc2n1. The summed E-state index contributed by atoms with van der Waals surface area (Å²) in [4.78, 5) is 18.9. The molecule has 2 rings (SSSR count). The van der Waals surface area contributed by atoms with E-state index in [0.29, 0.717) is 0 Å². The van der Waals surface area contributed by atoms with Crippen LogP contribution in [0.4, 0.5) is 0 Å². The molecule has 17 heavy (non-hydrogen) atoms. The van der Waals surface area contributed by atoms with Crippen molar-refractivity contribution in [3.63, 3.8) is 0 Å². The van der Waals surface area contributed by atoms with E-state index in [2.05, 4.69) is 9.98 Å². The third-order valence-corrected chi connectivity index (χ3v) is 2.83. The van der Waals surface area contributed by atoms with Crippen LogP contribution < -0.4 is 0 Å². The molecule has 0 unspecified atom stereocenters. The van der Waals surface area contributed by atoms with Crippen molar-refractivity contribution in [3.8, 4) is 0 Å². The number of hydrogen-bond donors (Lipinski definition) is 0. The molecule has 86 valence electrons. The molecule has 0 aliphatic carbocycles. The van der Waals surface area contributed by atoms with Gasteiger partial charge in [0, 0.05) is 11.1 Å². The van der Waals surface area contributed by atoms with Crippen molar-refractivity contribution in [1.29, 1.82) is 0 Å². The number of aryl methyl sites for hydroxylation is 1. The second-order valence-corrected chi connectivity index (χ2v) is 4.59. The van der Waals surface area contributed by atoms with Crippen LogP contribution in [-0.2, 0) is 10.3 Å². The summed E-state index contributed by atoms with van der Waals surface area (Å²) in [5.41, 5.74) is 2.28. The van der Waals surface area contributed by atoms with Gasteiger partial charge in [-0.25, -0.2) is 4.79 Å². The van der Waals surface area contributed by atoms with Crippen molar-refractivity contribution in [2.24, 2.45) is 4.99 Å². The minimum Gasteiger partial charge on any atom is -0.253 e. The molecular formula is C14H14N2O. The fraction of sp³-hybridized carbons (Fsp3) is 0.286. The minimum atomic E-state index is -0.574. The molecule has 0 saturated carbocycles. The third-order valence-electron chi connectivity index (χ3n) is 2.83. The summed E-state index contributed by atoms with van der Waals surface area (Å²) in [6, 6.07) is 9.85. The first-order valence-corrected chi connectivity index (χ1v) is 5.50. The molecule has 1 aromatic heterocycles. The Kier molecular flexibility index (Phi) is 2.78. The lowest BCUT2D eigenvalue weighted by Gasteiger charge is -2.20. The van der Waals surface area contributed by atoms with E-state index in [1.54, 1.807) is 6.08 Å². The molecule has 0 N–H and O–H groups in total. The maximum absolute atomic E-state index is 10.5. The number of fused-ring (bicyclic) bond motifs is 1. The summed E-state index contributed by atoms with van der Waals surface area (Å²) in [5, 5.41) is 1.03. The summed E-state index contributed by atoms with van der Waals surface area (Å²) in [6.07, 6.45) is 1.65. The van der Waals surface area contributed by atoms with Gasteiger partial charge in [-0.2, -0.15) is 4.99 Å². The Morgan fingerprint density at radius 2 is 2.00 bits per heavy atom. The lowest BCUT2D eigenvalue weighted by molar-refractivity contribution is 0.525. The van der Waals surface area contributed by atoms with Crippen molar-refractivity contribution in [2.45, 2.75) is 26.3 Å². The number of nitrogens with zero attached hydrogens (tertiary/aromatic N) is 2. The number of isocyanates is 1. The standard InChI is InChI=1S/C14H14N2O/c1-10-8-12(14(2,3)15-9-17)11-6-4-5-7-13(11)16-10/h4-8H,1-3H3. The fourth-order valence-corrected chi connectivity index (χ4v) is 1.99. The summed E-state index contributed by atoms with van der Waals surface area (Å²) in [5.74, 6) is 0. The lowest BCUT2D eigenvalue weighted by Crippen LogP contribution is -2.14. The van der Waals surface area contributed by atoms with E-state index in [1.165, 1.54) is 0 Å². The van der Waals surface area contributed by atoms with E-state index in [-0.39, 0.29) is 0 Å². The van der Waals surface area contributed by atoms with Crippen LogP contribution in [0.15, 0.2) is 35.3 Å². The van der Waals surface area contributed by atoms with Gasteiger partial charge in [0.2, 0.25) is 6.08 Å². The number of para-hydroxylation sites is 1. The average molecular weight is 226 g/mol. The van der Waals surface area contributed by atoms with Gasteiger partial charge in [-0.15, -0.1) is 0 Å². The van der Waals surface area contributed by atoms with Crippen LogP contribution in [0.5, 0.6) is 0 Å². The van der Waals surface area contributed by atoms with Gasteiger partial charge in [0.05, 0.1) is 11.1 Å². The normalized spacial score (nSPS) is 11.2. The summed E-state index contributed by atoms with van der Waals surface area (Å²) < 4.78 is 0. The maximum Gasteiger partial charge on any atom is 0.235 e. The van der Waals surface area contributed by atoms with Gasteiger partial charge in [-0.3, -0.25) is 4.98 Å². The van der Waals surface area contributed by atoms with Crippen LogP contribution in [0.25, 0.3) is 10.9 Å². The minimum absolute atomic E-state index is 0.574. The predicted octanol–water partition coefficient (Wildman–Crippen LogP) is 3.11. The molecular weight excluding hydrogens is 212 g/mol. The van der Waals surface area contributed by atoms with E-state index in [9.17, 15) is 4.79 Å². The van der Waals surface area contributed by atoms with Crippen molar-refractivity contribution in [2.75, 3.05) is 0 Å². The summed E-state index contributed by atoms with van der Waals surface area (Å²) >= 11 is 0. The van der Waals surface area contributed by atoms with Crippen LogP contribution in [0.1, 0.15) is 25.1 Å². The average Bonchev–Trinajstić information content (AvgIpc) is 2.27. The highest BCUT2D eigenvalue weighted by atomic mass is 16.1. The van der Waals surface area contributed by atoms with Crippen LogP contribution >= 0.6 is 0 Å². The molecule has 2 aromatic rings. The van der Waals surface area contributed by atoms with Crippen LogP contribution in [0.2, 0.25) is 0 Å². The number of pyridine rings is 1. The van der Waals surface area contributed by atoms with Gasteiger partial charge < -0.3 is 0 Å². The van der Waals surface area contributed by atoms with E-state index < -0.39 is 5.54 Å². The van der Waals surface area contributed by atoms with E-state index in [4.69, 9.17) is 0 Å². The fourth-order valence-electron chi connectivity index (χ4n) is 1.99. The quantitative estimate of drug-likeness (QED) is 0.583. The van der Waals surface area contributed by atoms with E-state index in [0.717, 1.165) is 22.2 Å². The maximum atomic E-state index is 10.5. The number of rotatable bonds is 2. The molecule has 1 heterocycles. The topological polar surface area (TPSA) is 42.3 Å². The molecule has 1 aromatic carbocycles. The zero-order chi connectivity index (χ0) is 12.5. The Morgan fingerprint density at radius 3 is 2.71 bits per heavy atom. The van der Waals surface area contributed by atoms with Crippen molar-refractivity contribution >= 4 is 17.0 Å². The smallest absolute Gasteiger partial charge is 0.235 e. The Morgan fingerprint density at radius 1 is 1.29 bits per heavy atom. The van der Waals surface area contributed by atoms with Gasteiger partial charge >= 0.3 is 0 Å². The lowest BCUT2D eigenvalue weighted by atomic mass is 9.91. The Bertz CT molecular complexity index is 611. The first kappa shape index (κ1) is 11.5. The molecule has 0 fully saturated rings. The van der Waals surface area contributed by atoms with Gasteiger partial charge in [-0.1, -0.05) is 18.2 Å². The number of aliphatic imine (C=N–C) groups is 1. The van der Waals surface area contributed by atoms with Crippen molar-refractivity contribution in [3.05, 3.63) is 41.6 Å². The van der Waals surface area contributed by atoms with Crippen LogP contribution in [0.3, 0.4) is 0 Å². The predicted molar refractivity (Wildman–Crippen MR) is 67.6 cm³/mol. The van der Waals surface area contributed by atoms with Gasteiger partial charge in [0.25, 0.3) is 0 Å². The van der Waals surface area contributed by atoms with Gasteiger partial charge in [-0.05, 0) is 38.5 Å². The molecule has 0 radical (unpaired) electrons. The molecule has 0 amide bonds. The molecule has 0 spiro atoms. The molecule has 3 nitrogen and oxygen atoms in total. The number of hydrogen-bond acceptors (Lipinski definition) is 3. The third kappa shape index (κ3) is 2.10. The molecule has 0 bridgehead atoms. The van der Waals surface area contributed by atoms with E-state index >= 15 is 0 Å². The Hall–Kier alpha value is -1.99. The zero-order valence-corrected chi connectivity index (χ0v) is 10.2. The highest BCUT2D eigenvalue weighted by molar-refractivity contribution is 5.83. The highest BCUT2D eigenvalue weighted by Gasteiger charge is 2.22. The van der Waals surface area contributed by atoms with Crippen LogP contribution in [0, 0.1) is 6.92 Å². The first-order chi connectivity index (χ1) is 8.04. The number of aromatic nitrogens is 1. The number of benzene rings is 1. The summed E-state index contributed by atoms with van der Waals surface area (Å²) in [6.45, 7) is 5.74. The van der Waals surface area contributed by atoms with Gasteiger partial charge in [0.1, 0.15) is 0 Å². The molecule has 0 aliphatic rings. The second kappa shape index (κ2) is 4.11. The summed E-state index contributed by atoms with van der Waals surface area (Å²) in [7, 11) is 0. The Balaban J connectivity index is 2.80. The molecule has 3 heteroatoms. The molecule has 0 atom stereocenters. The first-order valence-electron chi connectivity index (χ1n) is 5.50. The monoisotopic (exact) mass is 226 g/mol. The largest absolute Gasteiger partial charge is 0.253 e. The van der Waals surface area contributed by atoms with Gasteiger partial charge in [0.15, 0.2) is 0 Å².